The van der Waals surface area contributed by atoms with E-state index in [1.165, 1.54) is 0 Å². The standard InChI is InChI=1S/C17H20N2O2/c1-13(17(18)19)11-20-15-7-9-16(10-8-15)21-12-14-5-3-2-4-6-14/h2-10,13H,11-12H2,1H3,(H3,18,19). The average Bonchev–Trinajstić information content (AvgIpc) is 2.52. The summed E-state index contributed by atoms with van der Waals surface area (Å²) >= 11 is 0. The topological polar surface area (TPSA) is 68.3 Å². The summed E-state index contributed by atoms with van der Waals surface area (Å²) in [5, 5.41) is 7.31. The van der Waals surface area contributed by atoms with Crippen LogP contribution in [0.25, 0.3) is 0 Å². The van der Waals surface area contributed by atoms with Gasteiger partial charge in [0.2, 0.25) is 0 Å². The molecular weight excluding hydrogens is 264 g/mol. The second-order valence-electron chi connectivity index (χ2n) is 4.91. The lowest BCUT2D eigenvalue weighted by molar-refractivity contribution is 0.288. The molecule has 4 nitrogen and oxygen atoms in total. The Balaban J connectivity index is 1.83. The molecule has 0 aromatic heterocycles. The third-order valence-electron chi connectivity index (χ3n) is 3.10. The first-order valence-corrected chi connectivity index (χ1v) is 6.88. The molecule has 2 aromatic carbocycles. The van der Waals surface area contributed by atoms with Crippen molar-refractivity contribution < 1.29 is 9.47 Å². The summed E-state index contributed by atoms with van der Waals surface area (Å²) in [7, 11) is 0. The minimum Gasteiger partial charge on any atom is -0.493 e. The van der Waals surface area contributed by atoms with E-state index in [0.29, 0.717) is 13.2 Å². The number of rotatable bonds is 7. The van der Waals surface area contributed by atoms with Crippen LogP contribution in [0, 0.1) is 11.3 Å². The molecule has 0 bridgehead atoms. The first-order valence-electron chi connectivity index (χ1n) is 6.88. The molecule has 21 heavy (non-hydrogen) atoms. The third kappa shape index (κ3) is 4.84. The molecule has 2 rings (SSSR count). The molecule has 0 saturated heterocycles. The van der Waals surface area contributed by atoms with E-state index in [0.717, 1.165) is 17.1 Å². The Labute approximate surface area is 125 Å². The summed E-state index contributed by atoms with van der Waals surface area (Å²) in [6.07, 6.45) is 0. The largest absolute Gasteiger partial charge is 0.493 e. The van der Waals surface area contributed by atoms with E-state index in [4.69, 9.17) is 20.6 Å². The van der Waals surface area contributed by atoms with Gasteiger partial charge < -0.3 is 15.2 Å². The van der Waals surface area contributed by atoms with Crippen molar-refractivity contribution in [2.45, 2.75) is 13.5 Å². The van der Waals surface area contributed by atoms with Gasteiger partial charge in [-0.1, -0.05) is 37.3 Å². The molecule has 2 aromatic rings. The van der Waals surface area contributed by atoms with Crippen LogP contribution in [0.15, 0.2) is 54.6 Å². The van der Waals surface area contributed by atoms with Crippen LogP contribution in [-0.2, 0) is 6.61 Å². The Morgan fingerprint density at radius 2 is 1.57 bits per heavy atom. The van der Waals surface area contributed by atoms with Crippen LogP contribution in [0.1, 0.15) is 12.5 Å². The van der Waals surface area contributed by atoms with Crippen LogP contribution in [-0.4, -0.2) is 12.4 Å². The SMILES string of the molecule is CC(COc1ccc(OCc2ccccc2)cc1)C(=N)N. The van der Waals surface area contributed by atoms with E-state index in [1.807, 2.05) is 61.5 Å². The van der Waals surface area contributed by atoms with Crippen LogP contribution in [0.2, 0.25) is 0 Å². The Kier molecular flexibility index (Phi) is 5.21. The minimum absolute atomic E-state index is 0.0843. The van der Waals surface area contributed by atoms with Crippen molar-refractivity contribution in [2.24, 2.45) is 11.7 Å². The monoisotopic (exact) mass is 284 g/mol. The molecule has 1 unspecified atom stereocenters. The van der Waals surface area contributed by atoms with Gasteiger partial charge >= 0.3 is 0 Å². The van der Waals surface area contributed by atoms with Gasteiger partial charge in [0.15, 0.2) is 0 Å². The first-order chi connectivity index (χ1) is 10.1. The van der Waals surface area contributed by atoms with Crippen LogP contribution in [0.4, 0.5) is 0 Å². The molecule has 0 spiro atoms. The van der Waals surface area contributed by atoms with Gasteiger partial charge in [-0.3, -0.25) is 5.41 Å². The maximum absolute atomic E-state index is 7.31. The van der Waals surface area contributed by atoms with Crippen molar-refractivity contribution in [1.29, 1.82) is 5.41 Å². The number of amidine groups is 1. The minimum atomic E-state index is -0.0843. The number of nitrogens with one attached hydrogen (secondary N) is 1. The van der Waals surface area contributed by atoms with Crippen LogP contribution in [0.5, 0.6) is 11.5 Å². The summed E-state index contributed by atoms with van der Waals surface area (Å²) in [5.41, 5.74) is 6.53. The zero-order valence-electron chi connectivity index (χ0n) is 12.1. The van der Waals surface area contributed by atoms with Crippen molar-refractivity contribution in [3.05, 3.63) is 60.2 Å². The number of benzene rings is 2. The molecule has 4 heteroatoms. The summed E-state index contributed by atoms with van der Waals surface area (Å²) in [6, 6.07) is 17.5. The van der Waals surface area contributed by atoms with Gasteiger partial charge in [0, 0.05) is 5.92 Å². The molecule has 0 fully saturated rings. The van der Waals surface area contributed by atoms with Crippen molar-refractivity contribution in [1.82, 2.24) is 0 Å². The fourth-order valence-electron chi connectivity index (χ4n) is 1.68. The highest BCUT2D eigenvalue weighted by atomic mass is 16.5. The molecule has 0 aliphatic heterocycles. The van der Waals surface area contributed by atoms with Gasteiger partial charge in [-0.25, -0.2) is 0 Å². The predicted molar refractivity (Wildman–Crippen MR) is 83.8 cm³/mol. The van der Waals surface area contributed by atoms with Gasteiger partial charge in [-0.2, -0.15) is 0 Å². The van der Waals surface area contributed by atoms with Crippen LogP contribution < -0.4 is 15.2 Å². The molecular formula is C17H20N2O2. The fourth-order valence-corrected chi connectivity index (χ4v) is 1.68. The lowest BCUT2D eigenvalue weighted by atomic mass is 10.2. The van der Waals surface area contributed by atoms with Crippen LogP contribution in [0.3, 0.4) is 0 Å². The Hall–Kier alpha value is -2.49. The van der Waals surface area contributed by atoms with Gasteiger partial charge in [-0.05, 0) is 29.8 Å². The zero-order valence-corrected chi connectivity index (χ0v) is 12.1. The molecule has 0 aliphatic carbocycles. The summed E-state index contributed by atoms with van der Waals surface area (Å²) in [5.74, 6) is 1.60. The van der Waals surface area contributed by atoms with Crippen molar-refractivity contribution in [3.63, 3.8) is 0 Å². The molecule has 0 radical (unpaired) electrons. The number of nitrogens with two attached hydrogens (primary N) is 1. The Morgan fingerprint density at radius 1 is 1.00 bits per heavy atom. The quantitative estimate of drug-likeness (QED) is 0.606. The number of hydrogen-bond donors (Lipinski definition) is 2. The second-order valence-corrected chi connectivity index (χ2v) is 4.91. The molecule has 1 atom stereocenters. The van der Waals surface area contributed by atoms with Gasteiger partial charge in [0.05, 0.1) is 12.4 Å². The molecule has 0 amide bonds. The lowest BCUT2D eigenvalue weighted by Gasteiger charge is -2.12. The summed E-state index contributed by atoms with van der Waals surface area (Å²) < 4.78 is 11.3. The maximum atomic E-state index is 7.31. The highest BCUT2D eigenvalue weighted by Crippen LogP contribution is 2.19. The van der Waals surface area contributed by atoms with E-state index in [2.05, 4.69) is 0 Å². The molecule has 3 N–H and O–H groups in total. The highest BCUT2D eigenvalue weighted by molar-refractivity contribution is 5.79. The average molecular weight is 284 g/mol. The predicted octanol–water partition coefficient (Wildman–Crippen LogP) is 3.22. The van der Waals surface area contributed by atoms with Gasteiger partial charge in [0.25, 0.3) is 0 Å². The maximum Gasteiger partial charge on any atom is 0.120 e. The van der Waals surface area contributed by atoms with Gasteiger partial charge in [0.1, 0.15) is 18.1 Å². The van der Waals surface area contributed by atoms with Crippen molar-refractivity contribution in [3.8, 4) is 11.5 Å². The summed E-state index contributed by atoms with van der Waals surface area (Å²) in [4.78, 5) is 0. The molecule has 0 saturated carbocycles. The second kappa shape index (κ2) is 7.33. The molecule has 110 valence electrons. The normalized spacial score (nSPS) is 11.7. The number of ether oxygens (including phenoxy) is 2. The van der Waals surface area contributed by atoms with E-state index < -0.39 is 0 Å². The smallest absolute Gasteiger partial charge is 0.120 e. The first kappa shape index (κ1) is 14.9. The highest BCUT2D eigenvalue weighted by Gasteiger charge is 2.06. The van der Waals surface area contributed by atoms with Gasteiger partial charge in [-0.15, -0.1) is 0 Å². The molecule has 0 heterocycles. The van der Waals surface area contributed by atoms with E-state index >= 15 is 0 Å². The molecule has 0 aliphatic rings. The van der Waals surface area contributed by atoms with Crippen molar-refractivity contribution in [2.75, 3.05) is 6.61 Å². The van der Waals surface area contributed by atoms with E-state index in [-0.39, 0.29) is 11.8 Å². The van der Waals surface area contributed by atoms with Crippen LogP contribution >= 0.6 is 0 Å². The Bertz CT molecular complexity index is 567. The summed E-state index contributed by atoms with van der Waals surface area (Å²) in [6.45, 7) is 2.81. The Morgan fingerprint density at radius 3 is 2.14 bits per heavy atom. The zero-order chi connectivity index (χ0) is 15.1. The number of hydrogen-bond acceptors (Lipinski definition) is 3. The van der Waals surface area contributed by atoms with Crippen molar-refractivity contribution >= 4 is 5.84 Å². The van der Waals surface area contributed by atoms with E-state index in [1.54, 1.807) is 0 Å². The third-order valence-corrected chi connectivity index (χ3v) is 3.10. The fraction of sp³-hybridized carbons (Fsp3) is 0.235. The van der Waals surface area contributed by atoms with E-state index in [9.17, 15) is 0 Å². The lowest BCUT2D eigenvalue weighted by Crippen LogP contribution is -2.25.